The minimum Gasteiger partial charge on any atom is -0.384 e. The molecule has 0 saturated carbocycles. The highest BCUT2D eigenvalue weighted by molar-refractivity contribution is 5.96. The zero-order valence-electron chi connectivity index (χ0n) is 10.5. The first-order valence-corrected chi connectivity index (χ1v) is 6.06. The summed E-state index contributed by atoms with van der Waals surface area (Å²) in [4.78, 5) is 15.6. The van der Waals surface area contributed by atoms with Gasteiger partial charge in [-0.1, -0.05) is 0 Å². The van der Waals surface area contributed by atoms with Crippen molar-refractivity contribution in [1.82, 2.24) is 4.90 Å². The standard InChI is InChI=1S/C13H18N4O/c1-16(13(18)17-8-2-3-9-17)11-6-4-10(5-7-11)12(14)15/h4-7H,2-3,8-9H2,1H3,(H3,14,15). The Kier molecular flexibility index (Phi) is 3.50. The summed E-state index contributed by atoms with van der Waals surface area (Å²) in [6.07, 6.45) is 2.17. The van der Waals surface area contributed by atoms with E-state index in [-0.39, 0.29) is 11.9 Å². The van der Waals surface area contributed by atoms with Gasteiger partial charge in [0.2, 0.25) is 0 Å². The Morgan fingerprint density at radius 1 is 1.28 bits per heavy atom. The third kappa shape index (κ3) is 2.45. The molecule has 0 bridgehead atoms. The van der Waals surface area contributed by atoms with Crippen LogP contribution in [0.1, 0.15) is 18.4 Å². The van der Waals surface area contributed by atoms with Crippen LogP contribution in [-0.4, -0.2) is 36.9 Å². The fraction of sp³-hybridized carbons (Fsp3) is 0.385. The van der Waals surface area contributed by atoms with Crippen molar-refractivity contribution in [3.63, 3.8) is 0 Å². The Labute approximate surface area is 107 Å². The van der Waals surface area contributed by atoms with E-state index >= 15 is 0 Å². The molecule has 5 heteroatoms. The monoisotopic (exact) mass is 246 g/mol. The van der Waals surface area contributed by atoms with Crippen LogP contribution in [0.25, 0.3) is 0 Å². The quantitative estimate of drug-likeness (QED) is 0.614. The number of nitrogen functional groups attached to an aromatic ring is 1. The first kappa shape index (κ1) is 12.4. The Bertz CT molecular complexity index is 449. The second kappa shape index (κ2) is 5.08. The normalized spacial score (nSPS) is 14.6. The summed E-state index contributed by atoms with van der Waals surface area (Å²) in [5.74, 6) is 0.0371. The maximum Gasteiger partial charge on any atom is 0.324 e. The molecule has 1 fully saturated rings. The van der Waals surface area contributed by atoms with Gasteiger partial charge in [-0.2, -0.15) is 0 Å². The molecule has 0 aliphatic carbocycles. The number of nitrogens with one attached hydrogen (secondary N) is 1. The van der Waals surface area contributed by atoms with E-state index < -0.39 is 0 Å². The third-order valence-corrected chi connectivity index (χ3v) is 3.23. The number of urea groups is 1. The Morgan fingerprint density at radius 2 is 1.83 bits per heavy atom. The van der Waals surface area contributed by atoms with E-state index in [0.29, 0.717) is 5.56 Å². The van der Waals surface area contributed by atoms with Gasteiger partial charge in [-0.15, -0.1) is 0 Å². The van der Waals surface area contributed by atoms with E-state index in [4.69, 9.17) is 11.1 Å². The van der Waals surface area contributed by atoms with Gasteiger partial charge < -0.3 is 10.6 Å². The lowest BCUT2D eigenvalue weighted by Crippen LogP contribution is -2.39. The van der Waals surface area contributed by atoms with Gasteiger partial charge in [-0.05, 0) is 37.1 Å². The smallest absolute Gasteiger partial charge is 0.324 e. The molecule has 5 nitrogen and oxygen atoms in total. The van der Waals surface area contributed by atoms with Crippen LogP contribution in [-0.2, 0) is 0 Å². The van der Waals surface area contributed by atoms with Crippen LogP contribution >= 0.6 is 0 Å². The molecule has 0 radical (unpaired) electrons. The minimum absolute atomic E-state index is 0.0306. The van der Waals surface area contributed by atoms with Crippen LogP contribution in [0.15, 0.2) is 24.3 Å². The molecule has 0 unspecified atom stereocenters. The van der Waals surface area contributed by atoms with E-state index in [2.05, 4.69) is 0 Å². The van der Waals surface area contributed by atoms with Crippen molar-refractivity contribution in [3.05, 3.63) is 29.8 Å². The summed E-state index contributed by atoms with van der Waals surface area (Å²) in [5, 5.41) is 7.32. The minimum atomic E-state index is 0.0306. The van der Waals surface area contributed by atoms with Gasteiger partial charge in [-0.25, -0.2) is 4.79 Å². The van der Waals surface area contributed by atoms with Crippen molar-refractivity contribution in [3.8, 4) is 0 Å². The number of rotatable bonds is 2. The van der Waals surface area contributed by atoms with Gasteiger partial charge in [0.05, 0.1) is 0 Å². The number of likely N-dealkylation sites (tertiary alicyclic amines) is 1. The molecule has 1 saturated heterocycles. The molecule has 96 valence electrons. The number of nitrogens with two attached hydrogens (primary N) is 1. The van der Waals surface area contributed by atoms with Crippen LogP contribution in [0.4, 0.5) is 10.5 Å². The molecule has 1 aliphatic rings. The number of carbonyl (C=O) groups excluding carboxylic acids is 1. The third-order valence-electron chi connectivity index (χ3n) is 3.23. The summed E-state index contributed by atoms with van der Waals surface area (Å²) in [6.45, 7) is 1.68. The fourth-order valence-corrected chi connectivity index (χ4v) is 2.10. The molecule has 1 aromatic carbocycles. The second-order valence-corrected chi connectivity index (χ2v) is 4.50. The first-order valence-electron chi connectivity index (χ1n) is 6.06. The van der Waals surface area contributed by atoms with Crippen LogP contribution in [0.5, 0.6) is 0 Å². The summed E-state index contributed by atoms with van der Waals surface area (Å²) in [6, 6.07) is 7.16. The molecular formula is C13H18N4O. The molecule has 1 heterocycles. The van der Waals surface area contributed by atoms with Gasteiger partial charge in [0.15, 0.2) is 0 Å². The topological polar surface area (TPSA) is 73.4 Å². The number of nitrogens with zero attached hydrogens (tertiary/aromatic N) is 2. The van der Waals surface area contributed by atoms with E-state index in [0.717, 1.165) is 31.6 Å². The number of amides is 2. The average molecular weight is 246 g/mol. The predicted octanol–water partition coefficient (Wildman–Crippen LogP) is 1.62. The Balaban J connectivity index is 2.10. The average Bonchev–Trinajstić information content (AvgIpc) is 2.91. The maximum absolute atomic E-state index is 12.1. The SMILES string of the molecule is CN(C(=O)N1CCCC1)c1ccc(C(=N)N)cc1. The van der Waals surface area contributed by atoms with Crippen molar-refractivity contribution in [1.29, 1.82) is 5.41 Å². The van der Waals surface area contributed by atoms with E-state index in [1.165, 1.54) is 0 Å². The molecule has 0 spiro atoms. The second-order valence-electron chi connectivity index (χ2n) is 4.50. The number of amidine groups is 1. The molecule has 18 heavy (non-hydrogen) atoms. The zero-order chi connectivity index (χ0) is 13.1. The van der Waals surface area contributed by atoms with Gasteiger partial charge in [0.1, 0.15) is 5.84 Å². The highest BCUT2D eigenvalue weighted by Gasteiger charge is 2.21. The Hall–Kier alpha value is -2.04. The number of hydrogen-bond acceptors (Lipinski definition) is 2. The van der Waals surface area contributed by atoms with Crippen molar-refractivity contribution >= 4 is 17.6 Å². The van der Waals surface area contributed by atoms with Crippen LogP contribution in [0.2, 0.25) is 0 Å². The van der Waals surface area contributed by atoms with Crippen molar-refractivity contribution < 1.29 is 4.79 Å². The molecule has 3 N–H and O–H groups in total. The number of hydrogen-bond donors (Lipinski definition) is 2. The van der Waals surface area contributed by atoms with E-state index in [1.54, 1.807) is 24.1 Å². The number of benzene rings is 1. The predicted molar refractivity (Wildman–Crippen MR) is 72.1 cm³/mol. The van der Waals surface area contributed by atoms with Crippen molar-refractivity contribution in [2.24, 2.45) is 5.73 Å². The van der Waals surface area contributed by atoms with Gasteiger partial charge in [0.25, 0.3) is 0 Å². The van der Waals surface area contributed by atoms with Crippen LogP contribution in [0, 0.1) is 5.41 Å². The summed E-state index contributed by atoms with van der Waals surface area (Å²) in [7, 11) is 1.77. The van der Waals surface area contributed by atoms with Gasteiger partial charge >= 0.3 is 6.03 Å². The summed E-state index contributed by atoms with van der Waals surface area (Å²) < 4.78 is 0. The highest BCUT2D eigenvalue weighted by Crippen LogP contribution is 2.17. The van der Waals surface area contributed by atoms with Crippen molar-refractivity contribution in [2.75, 3.05) is 25.0 Å². The number of anilines is 1. The number of carbonyl (C=O) groups is 1. The van der Waals surface area contributed by atoms with Crippen LogP contribution < -0.4 is 10.6 Å². The summed E-state index contributed by atoms with van der Waals surface area (Å²) >= 11 is 0. The summed E-state index contributed by atoms with van der Waals surface area (Å²) in [5.41, 5.74) is 6.88. The largest absolute Gasteiger partial charge is 0.384 e. The van der Waals surface area contributed by atoms with Crippen molar-refractivity contribution in [2.45, 2.75) is 12.8 Å². The molecule has 1 aliphatic heterocycles. The zero-order valence-corrected chi connectivity index (χ0v) is 10.5. The maximum atomic E-state index is 12.1. The van der Waals surface area contributed by atoms with E-state index in [1.807, 2.05) is 17.0 Å². The molecule has 0 atom stereocenters. The lowest BCUT2D eigenvalue weighted by molar-refractivity contribution is 0.217. The van der Waals surface area contributed by atoms with Gasteiger partial charge in [0, 0.05) is 31.4 Å². The lowest BCUT2D eigenvalue weighted by atomic mass is 10.2. The molecule has 2 rings (SSSR count). The lowest BCUT2D eigenvalue weighted by Gasteiger charge is -2.24. The molecular weight excluding hydrogens is 228 g/mol. The van der Waals surface area contributed by atoms with Gasteiger partial charge in [-0.3, -0.25) is 10.3 Å². The molecule has 1 aromatic rings. The first-order chi connectivity index (χ1) is 8.59. The van der Waals surface area contributed by atoms with Crippen LogP contribution in [0.3, 0.4) is 0 Å². The molecule has 0 aromatic heterocycles. The molecule has 2 amide bonds. The highest BCUT2D eigenvalue weighted by atomic mass is 16.2. The Morgan fingerprint density at radius 3 is 2.33 bits per heavy atom. The van der Waals surface area contributed by atoms with E-state index in [9.17, 15) is 4.79 Å². The fourth-order valence-electron chi connectivity index (χ4n) is 2.10.